The number of benzene rings is 1. The molecule has 0 aromatic heterocycles. The molecule has 0 saturated carbocycles. The van der Waals surface area contributed by atoms with E-state index in [4.69, 9.17) is 10.5 Å². The van der Waals surface area contributed by atoms with Crippen molar-refractivity contribution in [3.63, 3.8) is 0 Å². The van der Waals surface area contributed by atoms with Crippen LogP contribution in [0.2, 0.25) is 0 Å². The fraction of sp³-hybridized carbons (Fsp3) is 0.538. The van der Waals surface area contributed by atoms with Gasteiger partial charge in [0.15, 0.2) is 0 Å². The lowest BCUT2D eigenvalue weighted by atomic mass is 10.2. The number of nitrogens with one attached hydrogen (secondary N) is 1. The van der Waals surface area contributed by atoms with E-state index in [9.17, 15) is 0 Å². The fourth-order valence-corrected chi connectivity index (χ4v) is 1.36. The maximum atomic E-state index is 5.75. The molecule has 0 aliphatic heterocycles. The van der Waals surface area contributed by atoms with Crippen LogP contribution in [0.5, 0.6) is 0 Å². The molecule has 90 valence electrons. The molecule has 0 radical (unpaired) electrons. The van der Waals surface area contributed by atoms with Gasteiger partial charge in [-0.1, -0.05) is 6.92 Å². The average molecular weight is 222 g/mol. The minimum absolute atomic E-state index is 0.343. The second kappa shape index (κ2) is 6.38. The first-order valence-electron chi connectivity index (χ1n) is 5.85. The summed E-state index contributed by atoms with van der Waals surface area (Å²) >= 11 is 0. The molecular weight excluding hydrogens is 200 g/mol. The summed E-state index contributed by atoms with van der Waals surface area (Å²) in [7, 11) is 0. The maximum Gasteiger partial charge on any atom is 0.0642 e. The molecular formula is C13H22N2O. The molecule has 3 nitrogen and oxygen atoms in total. The lowest BCUT2D eigenvalue weighted by Crippen LogP contribution is -2.14. The molecule has 16 heavy (non-hydrogen) atoms. The highest BCUT2D eigenvalue weighted by molar-refractivity contribution is 5.56. The van der Waals surface area contributed by atoms with E-state index in [0.29, 0.717) is 6.10 Å². The summed E-state index contributed by atoms with van der Waals surface area (Å²) in [5, 5.41) is 3.31. The van der Waals surface area contributed by atoms with Crippen LogP contribution in [0, 0.1) is 6.92 Å². The van der Waals surface area contributed by atoms with Crippen molar-refractivity contribution in [3.05, 3.63) is 23.8 Å². The van der Waals surface area contributed by atoms with E-state index in [0.717, 1.165) is 36.5 Å². The van der Waals surface area contributed by atoms with Gasteiger partial charge in [-0.2, -0.15) is 0 Å². The normalized spacial score (nSPS) is 12.4. The minimum Gasteiger partial charge on any atom is -0.399 e. The minimum atomic E-state index is 0.343. The van der Waals surface area contributed by atoms with Gasteiger partial charge in [0.2, 0.25) is 0 Å². The van der Waals surface area contributed by atoms with Gasteiger partial charge in [-0.05, 0) is 44.0 Å². The maximum absolute atomic E-state index is 5.75. The molecule has 0 spiro atoms. The number of hydrogen-bond donors (Lipinski definition) is 2. The number of rotatable bonds is 6. The predicted octanol–water partition coefficient (Wildman–Crippen LogP) is 2.80. The zero-order valence-corrected chi connectivity index (χ0v) is 10.4. The molecule has 1 unspecified atom stereocenters. The number of aryl methyl sites for hydroxylation is 1. The molecule has 0 amide bonds. The van der Waals surface area contributed by atoms with Crippen molar-refractivity contribution in [1.29, 1.82) is 0 Å². The van der Waals surface area contributed by atoms with Crippen LogP contribution < -0.4 is 11.1 Å². The lowest BCUT2D eigenvalue weighted by Gasteiger charge is -2.12. The van der Waals surface area contributed by atoms with Crippen LogP contribution in [-0.2, 0) is 4.74 Å². The van der Waals surface area contributed by atoms with Gasteiger partial charge in [0.25, 0.3) is 0 Å². The Morgan fingerprint density at radius 1 is 1.44 bits per heavy atom. The largest absolute Gasteiger partial charge is 0.399 e. The SMILES string of the molecule is CCC(C)OCCNc1ccc(N)c(C)c1. The van der Waals surface area contributed by atoms with Gasteiger partial charge < -0.3 is 15.8 Å². The third-order valence-corrected chi connectivity index (χ3v) is 2.68. The number of nitrogen functional groups attached to an aromatic ring is 1. The van der Waals surface area contributed by atoms with Crippen LogP contribution >= 0.6 is 0 Å². The smallest absolute Gasteiger partial charge is 0.0642 e. The van der Waals surface area contributed by atoms with E-state index in [-0.39, 0.29) is 0 Å². The van der Waals surface area contributed by atoms with Gasteiger partial charge in [0.05, 0.1) is 12.7 Å². The van der Waals surface area contributed by atoms with Crippen molar-refractivity contribution in [3.8, 4) is 0 Å². The summed E-state index contributed by atoms with van der Waals surface area (Å²) in [5.41, 5.74) is 8.78. The van der Waals surface area contributed by atoms with Crippen molar-refractivity contribution in [2.45, 2.75) is 33.3 Å². The van der Waals surface area contributed by atoms with Gasteiger partial charge in [-0.3, -0.25) is 0 Å². The number of ether oxygens (including phenoxy) is 1. The quantitative estimate of drug-likeness (QED) is 0.574. The van der Waals surface area contributed by atoms with Gasteiger partial charge >= 0.3 is 0 Å². The molecule has 1 atom stereocenters. The van der Waals surface area contributed by atoms with E-state index in [2.05, 4.69) is 25.2 Å². The standard InChI is InChI=1S/C13H22N2O/c1-4-11(3)16-8-7-15-12-5-6-13(14)10(2)9-12/h5-6,9,11,15H,4,7-8,14H2,1-3H3. The molecule has 1 aromatic rings. The van der Waals surface area contributed by atoms with Gasteiger partial charge in [0.1, 0.15) is 0 Å². The van der Waals surface area contributed by atoms with Crippen LogP contribution in [0.25, 0.3) is 0 Å². The fourth-order valence-electron chi connectivity index (χ4n) is 1.36. The van der Waals surface area contributed by atoms with Crippen molar-refractivity contribution < 1.29 is 4.74 Å². The molecule has 0 bridgehead atoms. The average Bonchev–Trinajstić information content (AvgIpc) is 2.28. The third-order valence-electron chi connectivity index (χ3n) is 2.68. The summed E-state index contributed by atoms with van der Waals surface area (Å²) in [5.74, 6) is 0. The van der Waals surface area contributed by atoms with Crippen molar-refractivity contribution in [2.24, 2.45) is 0 Å². The number of anilines is 2. The summed E-state index contributed by atoms with van der Waals surface area (Å²) < 4.78 is 5.58. The van der Waals surface area contributed by atoms with Crippen LogP contribution in [0.4, 0.5) is 11.4 Å². The van der Waals surface area contributed by atoms with E-state index in [1.807, 2.05) is 19.1 Å². The number of nitrogens with two attached hydrogens (primary N) is 1. The van der Waals surface area contributed by atoms with Crippen molar-refractivity contribution in [1.82, 2.24) is 0 Å². The molecule has 3 heteroatoms. The van der Waals surface area contributed by atoms with E-state index < -0.39 is 0 Å². The molecule has 0 fully saturated rings. The molecule has 0 heterocycles. The first-order valence-corrected chi connectivity index (χ1v) is 5.85. The van der Waals surface area contributed by atoms with Crippen LogP contribution in [0.3, 0.4) is 0 Å². The summed E-state index contributed by atoms with van der Waals surface area (Å²) in [6.45, 7) is 7.79. The third kappa shape index (κ3) is 4.11. The second-order valence-corrected chi connectivity index (χ2v) is 4.09. The Balaban J connectivity index is 2.29. The van der Waals surface area contributed by atoms with Crippen LogP contribution in [0.1, 0.15) is 25.8 Å². The topological polar surface area (TPSA) is 47.3 Å². The van der Waals surface area contributed by atoms with Gasteiger partial charge in [-0.25, -0.2) is 0 Å². The Morgan fingerprint density at radius 3 is 2.81 bits per heavy atom. The zero-order valence-electron chi connectivity index (χ0n) is 10.4. The van der Waals surface area contributed by atoms with Crippen LogP contribution in [-0.4, -0.2) is 19.3 Å². The molecule has 0 aliphatic carbocycles. The van der Waals surface area contributed by atoms with E-state index in [1.54, 1.807) is 0 Å². The lowest BCUT2D eigenvalue weighted by molar-refractivity contribution is 0.0713. The monoisotopic (exact) mass is 222 g/mol. The highest BCUT2D eigenvalue weighted by Gasteiger charge is 1.98. The Hall–Kier alpha value is -1.22. The van der Waals surface area contributed by atoms with Crippen molar-refractivity contribution in [2.75, 3.05) is 24.2 Å². The molecule has 1 rings (SSSR count). The van der Waals surface area contributed by atoms with Crippen molar-refractivity contribution >= 4 is 11.4 Å². The Labute approximate surface area is 98.0 Å². The van der Waals surface area contributed by atoms with Gasteiger partial charge in [0, 0.05) is 17.9 Å². The first-order chi connectivity index (χ1) is 7.63. The Kier molecular flexibility index (Phi) is 5.12. The Bertz CT molecular complexity index is 326. The molecule has 0 aliphatic rings. The summed E-state index contributed by atoms with van der Waals surface area (Å²) in [6.07, 6.45) is 1.40. The van der Waals surface area contributed by atoms with Gasteiger partial charge in [-0.15, -0.1) is 0 Å². The Morgan fingerprint density at radius 2 is 2.19 bits per heavy atom. The zero-order chi connectivity index (χ0) is 12.0. The number of hydrogen-bond acceptors (Lipinski definition) is 3. The first kappa shape index (κ1) is 12.8. The van der Waals surface area contributed by atoms with Crippen LogP contribution in [0.15, 0.2) is 18.2 Å². The molecule has 1 aromatic carbocycles. The van der Waals surface area contributed by atoms with E-state index in [1.165, 1.54) is 0 Å². The highest BCUT2D eigenvalue weighted by Crippen LogP contribution is 2.16. The van der Waals surface area contributed by atoms with E-state index >= 15 is 0 Å². The molecule has 3 N–H and O–H groups in total. The summed E-state index contributed by atoms with van der Waals surface area (Å²) in [4.78, 5) is 0. The predicted molar refractivity (Wildman–Crippen MR) is 69.8 cm³/mol. The molecule has 0 saturated heterocycles. The second-order valence-electron chi connectivity index (χ2n) is 4.09. The summed E-state index contributed by atoms with van der Waals surface area (Å²) in [6, 6.07) is 5.97. The highest BCUT2D eigenvalue weighted by atomic mass is 16.5.